The lowest BCUT2D eigenvalue weighted by molar-refractivity contribution is -0.142. The van der Waals surface area contributed by atoms with E-state index in [9.17, 15) is 4.79 Å². The molecule has 2 heterocycles. The van der Waals surface area contributed by atoms with Crippen LogP contribution in [0.2, 0.25) is 0 Å². The minimum absolute atomic E-state index is 0.279. The fourth-order valence-electron chi connectivity index (χ4n) is 1.67. The molecule has 1 aliphatic rings. The Labute approximate surface area is 86.7 Å². The lowest BCUT2D eigenvalue weighted by atomic mass is 10.0. The Morgan fingerprint density at radius 3 is 3.00 bits per heavy atom. The smallest absolute Gasteiger partial charge is 0.325 e. The van der Waals surface area contributed by atoms with Gasteiger partial charge in [0.15, 0.2) is 5.82 Å². The Balaban J connectivity index is 2.14. The van der Waals surface area contributed by atoms with Crippen LogP contribution in [0.25, 0.3) is 0 Å². The Morgan fingerprint density at radius 1 is 1.67 bits per heavy atom. The predicted molar refractivity (Wildman–Crippen MR) is 53.4 cm³/mol. The van der Waals surface area contributed by atoms with E-state index in [1.165, 1.54) is 0 Å². The molecule has 2 rings (SSSR count). The summed E-state index contributed by atoms with van der Waals surface area (Å²) < 4.78 is 0. The van der Waals surface area contributed by atoms with Crippen molar-refractivity contribution in [2.24, 2.45) is 5.73 Å². The number of rotatable bonds is 2. The first-order valence-electron chi connectivity index (χ1n) is 4.67. The van der Waals surface area contributed by atoms with Crippen LogP contribution in [0.1, 0.15) is 6.42 Å². The Morgan fingerprint density at radius 2 is 2.47 bits per heavy atom. The van der Waals surface area contributed by atoms with Gasteiger partial charge < -0.3 is 15.7 Å². The van der Waals surface area contributed by atoms with Crippen LogP contribution < -0.4 is 10.6 Å². The average Bonchev–Trinajstić information content (AvgIpc) is 2.64. The van der Waals surface area contributed by atoms with E-state index in [-0.39, 0.29) is 6.54 Å². The Kier molecular flexibility index (Phi) is 2.28. The van der Waals surface area contributed by atoms with Gasteiger partial charge >= 0.3 is 5.97 Å². The van der Waals surface area contributed by atoms with Crippen molar-refractivity contribution in [2.45, 2.75) is 12.0 Å². The molecular weight excluding hydrogens is 196 g/mol. The number of nitrogens with zero attached hydrogens (tertiary/aromatic N) is 3. The van der Waals surface area contributed by atoms with Crippen LogP contribution in [-0.4, -0.2) is 39.9 Å². The molecule has 1 saturated heterocycles. The first-order chi connectivity index (χ1) is 7.12. The molecule has 6 heteroatoms. The van der Waals surface area contributed by atoms with Gasteiger partial charge in [-0.1, -0.05) is 0 Å². The minimum Gasteiger partial charge on any atom is -0.480 e. The molecule has 0 radical (unpaired) electrons. The van der Waals surface area contributed by atoms with Crippen LogP contribution in [0.5, 0.6) is 0 Å². The molecule has 80 valence electrons. The van der Waals surface area contributed by atoms with Crippen molar-refractivity contribution in [3.63, 3.8) is 0 Å². The summed E-state index contributed by atoms with van der Waals surface area (Å²) in [5, 5.41) is 16.6. The average molecular weight is 208 g/mol. The summed E-state index contributed by atoms with van der Waals surface area (Å²) in [6.45, 7) is 0.878. The number of hydrogen-bond donors (Lipinski definition) is 2. The fourth-order valence-corrected chi connectivity index (χ4v) is 1.67. The maximum absolute atomic E-state index is 10.9. The molecule has 0 bridgehead atoms. The molecule has 1 fully saturated rings. The van der Waals surface area contributed by atoms with Crippen molar-refractivity contribution in [2.75, 3.05) is 18.0 Å². The summed E-state index contributed by atoms with van der Waals surface area (Å²) in [6.07, 6.45) is 2.01. The monoisotopic (exact) mass is 208 g/mol. The molecule has 15 heavy (non-hydrogen) atoms. The Hall–Kier alpha value is -1.69. The number of carboxylic acids is 1. The molecule has 0 saturated carbocycles. The molecule has 1 atom stereocenters. The molecular formula is C9H12N4O2. The van der Waals surface area contributed by atoms with E-state index in [2.05, 4.69) is 10.2 Å². The number of aromatic nitrogens is 2. The summed E-state index contributed by atoms with van der Waals surface area (Å²) >= 11 is 0. The third kappa shape index (κ3) is 1.75. The van der Waals surface area contributed by atoms with Crippen LogP contribution in [0.4, 0.5) is 5.82 Å². The van der Waals surface area contributed by atoms with Crippen molar-refractivity contribution in [1.29, 1.82) is 0 Å². The van der Waals surface area contributed by atoms with Crippen molar-refractivity contribution in [1.82, 2.24) is 10.2 Å². The molecule has 0 aliphatic carbocycles. The van der Waals surface area contributed by atoms with Gasteiger partial charge in [-0.15, -0.1) is 5.10 Å². The van der Waals surface area contributed by atoms with E-state index in [1.807, 2.05) is 4.90 Å². The summed E-state index contributed by atoms with van der Waals surface area (Å²) in [7, 11) is 0. The zero-order chi connectivity index (χ0) is 10.9. The van der Waals surface area contributed by atoms with Gasteiger partial charge in [0.1, 0.15) is 5.54 Å². The summed E-state index contributed by atoms with van der Waals surface area (Å²) in [5.74, 6) is -0.292. The van der Waals surface area contributed by atoms with Crippen molar-refractivity contribution in [3.8, 4) is 0 Å². The van der Waals surface area contributed by atoms with Gasteiger partial charge in [-0.25, -0.2) is 0 Å². The second-order valence-electron chi connectivity index (χ2n) is 3.71. The van der Waals surface area contributed by atoms with E-state index in [1.54, 1.807) is 18.3 Å². The molecule has 3 N–H and O–H groups in total. The van der Waals surface area contributed by atoms with Gasteiger partial charge in [0, 0.05) is 19.3 Å². The summed E-state index contributed by atoms with van der Waals surface area (Å²) in [6, 6.07) is 3.56. The first kappa shape index (κ1) is 9.85. The predicted octanol–water partition coefficient (Wildman–Crippen LogP) is -0.531. The summed E-state index contributed by atoms with van der Waals surface area (Å²) in [4.78, 5) is 12.7. The molecule has 1 aromatic heterocycles. The summed E-state index contributed by atoms with van der Waals surface area (Å²) in [5.41, 5.74) is 4.58. The van der Waals surface area contributed by atoms with Crippen molar-refractivity contribution >= 4 is 11.8 Å². The lowest BCUT2D eigenvalue weighted by Gasteiger charge is -2.20. The van der Waals surface area contributed by atoms with Crippen LogP contribution in [-0.2, 0) is 4.79 Å². The number of carbonyl (C=O) groups is 1. The third-order valence-electron chi connectivity index (χ3n) is 2.61. The molecule has 0 aromatic carbocycles. The SMILES string of the molecule is NC1(C(=O)O)CCN(c2cccnn2)C1. The highest BCUT2D eigenvalue weighted by atomic mass is 16.4. The quantitative estimate of drug-likeness (QED) is 0.678. The van der Waals surface area contributed by atoms with E-state index in [4.69, 9.17) is 10.8 Å². The van der Waals surface area contributed by atoms with Gasteiger partial charge in [-0.05, 0) is 18.6 Å². The Bertz CT molecular complexity index is 370. The van der Waals surface area contributed by atoms with E-state index in [0.717, 1.165) is 0 Å². The van der Waals surface area contributed by atoms with Crippen LogP contribution >= 0.6 is 0 Å². The van der Waals surface area contributed by atoms with E-state index < -0.39 is 11.5 Å². The largest absolute Gasteiger partial charge is 0.480 e. The topological polar surface area (TPSA) is 92.3 Å². The normalized spacial score (nSPS) is 25.5. The second-order valence-corrected chi connectivity index (χ2v) is 3.71. The third-order valence-corrected chi connectivity index (χ3v) is 2.61. The van der Waals surface area contributed by atoms with E-state index >= 15 is 0 Å². The van der Waals surface area contributed by atoms with Gasteiger partial charge in [-0.2, -0.15) is 5.10 Å². The molecule has 1 unspecified atom stereocenters. The fraction of sp³-hybridized carbons (Fsp3) is 0.444. The number of nitrogens with two attached hydrogens (primary N) is 1. The minimum atomic E-state index is -1.16. The molecule has 1 aromatic rings. The standard InChI is InChI=1S/C9H12N4O2/c10-9(8(14)15)3-5-13(6-9)7-2-1-4-11-12-7/h1-2,4H,3,5-6,10H2,(H,14,15). The van der Waals surface area contributed by atoms with Gasteiger partial charge in [0.25, 0.3) is 0 Å². The number of aliphatic carboxylic acids is 1. The van der Waals surface area contributed by atoms with Gasteiger partial charge in [0.05, 0.1) is 0 Å². The highest BCUT2D eigenvalue weighted by Crippen LogP contribution is 2.23. The number of hydrogen-bond acceptors (Lipinski definition) is 5. The maximum atomic E-state index is 10.9. The molecule has 1 aliphatic heterocycles. The van der Waals surface area contributed by atoms with Crippen LogP contribution in [0.3, 0.4) is 0 Å². The van der Waals surface area contributed by atoms with Crippen molar-refractivity contribution in [3.05, 3.63) is 18.3 Å². The molecule has 0 spiro atoms. The molecule has 6 nitrogen and oxygen atoms in total. The van der Waals surface area contributed by atoms with Crippen LogP contribution in [0.15, 0.2) is 18.3 Å². The van der Waals surface area contributed by atoms with Gasteiger partial charge in [0.2, 0.25) is 0 Å². The lowest BCUT2D eigenvalue weighted by Crippen LogP contribution is -2.50. The number of carboxylic acid groups (broad SMARTS) is 1. The van der Waals surface area contributed by atoms with Crippen LogP contribution in [0, 0.1) is 0 Å². The maximum Gasteiger partial charge on any atom is 0.325 e. The molecule has 0 amide bonds. The zero-order valence-corrected chi connectivity index (χ0v) is 8.13. The van der Waals surface area contributed by atoms with E-state index in [0.29, 0.717) is 18.8 Å². The zero-order valence-electron chi connectivity index (χ0n) is 8.13. The number of anilines is 1. The van der Waals surface area contributed by atoms with Crippen molar-refractivity contribution < 1.29 is 9.90 Å². The highest BCUT2D eigenvalue weighted by molar-refractivity contribution is 5.80. The second kappa shape index (κ2) is 3.47. The van der Waals surface area contributed by atoms with Gasteiger partial charge in [-0.3, -0.25) is 4.79 Å². The highest BCUT2D eigenvalue weighted by Gasteiger charge is 2.41. The first-order valence-corrected chi connectivity index (χ1v) is 4.67.